The highest BCUT2D eigenvalue weighted by Crippen LogP contribution is 2.13. The summed E-state index contributed by atoms with van der Waals surface area (Å²) in [4.78, 5) is 11.5. The number of hydrogen-bond donors (Lipinski definition) is 2. The zero-order valence-electron chi connectivity index (χ0n) is 10.7. The van der Waals surface area contributed by atoms with E-state index in [1.54, 1.807) is 14.1 Å². The molecule has 1 aromatic rings. The first-order valence-electron chi connectivity index (χ1n) is 5.75. The van der Waals surface area contributed by atoms with Crippen LogP contribution in [-0.4, -0.2) is 32.7 Å². The second kappa shape index (κ2) is 7.36. The first-order valence-corrected chi connectivity index (χ1v) is 5.75. The maximum Gasteiger partial charge on any atom is 0.237 e. The van der Waals surface area contributed by atoms with E-state index in [1.165, 1.54) is 0 Å². The molecule has 4 heteroatoms. The molecule has 4 nitrogen and oxygen atoms in total. The van der Waals surface area contributed by atoms with Crippen LogP contribution in [0.2, 0.25) is 0 Å². The van der Waals surface area contributed by atoms with Gasteiger partial charge < -0.3 is 15.4 Å². The Morgan fingerprint density at radius 1 is 1.39 bits per heavy atom. The average molecular weight is 246 g/mol. The first kappa shape index (κ1) is 14.1. The topological polar surface area (TPSA) is 50.4 Å². The third-order valence-corrected chi connectivity index (χ3v) is 2.60. The molecule has 18 heavy (non-hydrogen) atoms. The van der Waals surface area contributed by atoms with Gasteiger partial charge in [0.2, 0.25) is 5.91 Å². The van der Waals surface area contributed by atoms with Gasteiger partial charge in [-0.25, -0.2) is 0 Å². The fourth-order valence-electron chi connectivity index (χ4n) is 1.58. The monoisotopic (exact) mass is 246 g/mol. The van der Waals surface area contributed by atoms with Crippen molar-refractivity contribution in [2.45, 2.75) is 12.5 Å². The van der Waals surface area contributed by atoms with Crippen molar-refractivity contribution < 1.29 is 9.53 Å². The molecule has 0 spiro atoms. The number of amides is 1. The molecule has 0 fully saturated rings. The quantitative estimate of drug-likeness (QED) is 0.722. The van der Waals surface area contributed by atoms with Gasteiger partial charge in [0.1, 0.15) is 12.4 Å². The summed E-state index contributed by atoms with van der Waals surface area (Å²) in [5.41, 5.74) is 1.06. The van der Waals surface area contributed by atoms with Gasteiger partial charge in [0, 0.05) is 7.05 Å². The maximum atomic E-state index is 11.5. The zero-order chi connectivity index (χ0) is 13.4. The zero-order valence-corrected chi connectivity index (χ0v) is 10.7. The van der Waals surface area contributed by atoms with Gasteiger partial charge in [-0.3, -0.25) is 4.79 Å². The smallest absolute Gasteiger partial charge is 0.237 e. The highest BCUT2D eigenvalue weighted by Gasteiger charge is 2.14. The first-order chi connectivity index (χ1) is 8.71. The molecule has 0 saturated heterocycles. The molecular formula is C14H18N2O2. The van der Waals surface area contributed by atoms with Gasteiger partial charge in [-0.05, 0) is 31.2 Å². The molecule has 1 amide bonds. The predicted molar refractivity (Wildman–Crippen MR) is 71.4 cm³/mol. The summed E-state index contributed by atoms with van der Waals surface area (Å²) in [6.45, 7) is 0.261. The van der Waals surface area contributed by atoms with Crippen molar-refractivity contribution in [3.8, 4) is 18.1 Å². The van der Waals surface area contributed by atoms with E-state index in [1.807, 2.05) is 24.3 Å². The van der Waals surface area contributed by atoms with Crippen molar-refractivity contribution in [2.24, 2.45) is 0 Å². The summed E-state index contributed by atoms with van der Waals surface area (Å²) < 4.78 is 5.28. The predicted octanol–water partition coefficient (Wildman–Crippen LogP) is 0.575. The van der Waals surface area contributed by atoms with Gasteiger partial charge in [-0.1, -0.05) is 18.1 Å². The Balaban J connectivity index is 2.62. The molecular weight excluding hydrogens is 228 g/mol. The minimum absolute atomic E-state index is 0.0230. The highest BCUT2D eigenvalue weighted by molar-refractivity contribution is 5.81. The number of benzene rings is 1. The standard InChI is InChI=1S/C14H18N2O2/c1-4-9-18-12-7-5-11(6-8-12)10-13(15-2)14(17)16-3/h1,5-8,13,15H,9-10H2,2-3H3,(H,16,17). The SMILES string of the molecule is C#CCOc1ccc(CC(NC)C(=O)NC)cc1. The van der Waals surface area contributed by atoms with Crippen molar-refractivity contribution in [2.75, 3.05) is 20.7 Å². The van der Waals surface area contributed by atoms with Gasteiger partial charge in [-0.2, -0.15) is 0 Å². The number of rotatable bonds is 6. The van der Waals surface area contributed by atoms with E-state index >= 15 is 0 Å². The Bertz CT molecular complexity index is 420. The minimum Gasteiger partial charge on any atom is -0.481 e. The van der Waals surface area contributed by atoms with Crippen LogP contribution < -0.4 is 15.4 Å². The Hall–Kier alpha value is -1.99. The van der Waals surface area contributed by atoms with Crippen LogP contribution in [0.3, 0.4) is 0 Å². The molecule has 1 unspecified atom stereocenters. The Kier molecular flexibility index (Phi) is 5.75. The van der Waals surface area contributed by atoms with Crippen molar-refractivity contribution in [1.29, 1.82) is 0 Å². The van der Waals surface area contributed by atoms with Gasteiger partial charge >= 0.3 is 0 Å². The minimum atomic E-state index is -0.229. The average Bonchev–Trinajstić information content (AvgIpc) is 2.43. The molecule has 0 bridgehead atoms. The van der Waals surface area contributed by atoms with E-state index in [4.69, 9.17) is 11.2 Å². The fourth-order valence-corrected chi connectivity index (χ4v) is 1.58. The lowest BCUT2D eigenvalue weighted by atomic mass is 10.1. The summed E-state index contributed by atoms with van der Waals surface area (Å²) in [5, 5.41) is 5.61. The van der Waals surface area contributed by atoms with Gasteiger partial charge in [0.15, 0.2) is 0 Å². The number of likely N-dealkylation sites (N-methyl/N-ethyl adjacent to an activating group) is 2. The van der Waals surface area contributed by atoms with E-state index in [9.17, 15) is 4.79 Å². The van der Waals surface area contributed by atoms with E-state index in [2.05, 4.69) is 16.6 Å². The van der Waals surface area contributed by atoms with E-state index < -0.39 is 0 Å². The van der Waals surface area contributed by atoms with Gasteiger partial charge in [0.25, 0.3) is 0 Å². The molecule has 0 aliphatic carbocycles. The number of carbonyl (C=O) groups excluding carboxylic acids is 1. The normalized spacial score (nSPS) is 11.4. The van der Waals surface area contributed by atoms with Crippen LogP contribution in [0.25, 0.3) is 0 Å². The van der Waals surface area contributed by atoms with Crippen LogP contribution >= 0.6 is 0 Å². The summed E-state index contributed by atoms with van der Waals surface area (Å²) in [7, 11) is 3.40. The molecule has 0 aromatic heterocycles. The molecule has 1 aromatic carbocycles. The number of nitrogens with one attached hydrogen (secondary N) is 2. The second-order valence-corrected chi connectivity index (χ2v) is 3.80. The van der Waals surface area contributed by atoms with Gasteiger partial charge in [0.05, 0.1) is 6.04 Å². The molecule has 0 radical (unpaired) electrons. The lowest BCUT2D eigenvalue weighted by Crippen LogP contribution is -2.42. The number of carbonyl (C=O) groups is 1. The lowest BCUT2D eigenvalue weighted by molar-refractivity contribution is -0.122. The summed E-state index contributed by atoms with van der Waals surface area (Å²) in [6.07, 6.45) is 5.74. The Morgan fingerprint density at radius 2 is 2.06 bits per heavy atom. The van der Waals surface area contributed by atoms with Gasteiger partial charge in [-0.15, -0.1) is 6.42 Å². The summed E-state index contributed by atoms with van der Waals surface area (Å²) >= 11 is 0. The van der Waals surface area contributed by atoms with Crippen molar-refractivity contribution in [3.63, 3.8) is 0 Å². The van der Waals surface area contributed by atoms with Crippen molar-refractivity contribution >= 4 is 5.91 Å². The van der Waals surface area contributed by atoms with Crippen molar-refractivity contribution in [3.05, 3.63) is 29.8 Å². The second-order valence-electron chi connectivity index (χ2n) is 3.80. The van der Waals surface area contributed by atoms with Crippen LogP contribution in [0.15, 0.2) is 24.3 Å². The summed E-state index contributed by atoms with van der Waals surface area (Å²) in [6, 6.07) is 7.33. The molecule has 2 N–H and O–H groups in total. The van der Waals surface area contributed by atoms with E-state index in [0.717, 1.165) is 11.3 Å². The summed E-state index contributed by atoms with van der Waals surface area (Å²) in [5.74, 6) is 3.12. The molecule has 0 saturated carbocycles. The molecule has 0 aliphatic rings. The molecule has 1 atom stereocenters. The fraction of sp³-hybridized carbons (Fsp3) is 0.357. The molecule has 0 aliphatic heterocycles. The van der Waals surface area contributed by atoms with Crippen LogP contribution in [0.1, 0.15) is 5.56 Å². The molecule has 96 valence electrons. The lowest BCUT2D eigenvalue weighted by Gasteiger charge is -2.14. The Labute approximate surface area is 108 Å². The number of hydrogen-bond acceptors (Lipinski definition) is 3. The third-order valence-electron chi connectivity index (χ3n) is 2.60. The molecule has 1 rings (SSSR count). The van der Waals surface area contributed by atoms with E-state index in [-0.39, 0.29) is 18.6 Å². The van der Waals surface area contributed by atoms with Crippen molar-refractivity contribution in [1.82, 2.24) is 10.6 Å². The van der Waals surface area contributed by atoms with Crippen LogP contribution in [0, 0.1) is 12.3 Å². The largest absolute Gasteiger partial charge is 0.481 e. The van der Waals surface area contributed by atoms with Crippen LogP contribution in [0.5, 0.6) is 5.75 Å². The molecule has 0 heterocycles. The number of ether oxygens (including phenoxy) is 1. The maximum absolute atomic E-state index is 11.5. The van der Waals surface area contributed by atoms with Crippen LogP contribution in [0.4, 0.5) is 0 Å². The Morgan fingerprint density at radius 3 is 2.56 bits per heavy atom. The third kappa shape index (κ3) is 4.11. The van der Waals surface area contributed by atoms with Crippen LogP contribution in [-0.2, 0) is 11.2 Å². The van der Waals surface area contributed by atoms with E-state index in [0.29, 0.717) is 6.42 Å². The number of terminal acetylenes is 1. The highest BCUT2D eigenvalue weighted by atomic mass is 16.5.